The Kier molecular flexibility index (Phi) is 2.64. The number of benzene rings is 1. The molecule has 0 saturated heterocycles. The molecule has 0 radical (unpaired) electrons. The first-order valence-electron chi connectivity index (χ1n) is 4.44. The van der Waals surface area contributed by atoms with E-state index in [4.69, 9.17) is 0 Å². The van der Waals surface area contributed by atoms with Gasteiger partial charge in [-0.1, -0.05) is 29.8 Å². The maximum atomic E-state index is 4.05. The van der Waals surface area contributed by atoms with E-state index in [1.807, 2.05) is 18.5 Å². The van der Waals surface area contributed by atoms with Crippen LogP contribution in [0.15, 0.2) is 47.2 Å². The second kappa shape index (κ2) is 3.93. The highest BCUT2D eigenvalue weighted by atomic mass is 79.9. The van der Waals surface area contributed by atoms with E-state index in [1.54, 1.807) is 0 Å². The predicted molar refractivity (Wildman–Crippen MR) is 62.1 cm³/mol. The highest BCUT2D eigenvalue weighted by Crippen LogP contribution is 2.27. The van der Waals surface area contributed by atoms with Gasteiger partial charge in [0.05, 0.1) is 0 Å². The fourth-order valence-corrected chi connectivity index (χ4v) is 1.90. The minimum atomic E-state index is 1.03. The summed E-state index contributed by atoms with van der Waals surface area (Å²) in [5.41, 5.74) is 3.68. The molecule has 0 bridgehead atoms. The van der Waals surface area contributed by atoms with E-state index < -0.39 is 0 Å². The van der Waals surface area contributed by atoms with Crippen molar-refractivity contribution in [1.82, 2.24) is 4.98 Å². The molecule has 0 aliphatic carbocycles. The predicted octanol–water partition coefficient (Wildman–Crippen LogP) is 3.82. The molecule has 1 heterocycles. The normalized spacial score (nSPS) is 10.1. The van der Waals surface area contributed by atoms with Crippen molar-refractivity contribution in [3.63, 3.8) is 0 Å². The molecule has 0 saturated carbocycles. The number of nitrogens with zero attached hydrogens (tertiary/aromatic N) is 1. The third-order valence-electron chi connectivity index (χ3n) is 2.10. The molecule has 14 heavy (non-hydrogen) atoms. The van der Waals surface area contributed by atoms with Gasteiger partial charge in [-0.2, -0.15) is 0 Å². The average molecular weight is 248 g/mol. The molecule has 1 aromatic heterocycles. The highest BCUT2D eigenvalue weighted by molar-refractivity contribution is 9.10. The van der Waals surface area contributed by atoms with Crippen LogP contribution in [0.2, 0.25) is 0 Å². The Morgan fingerprint density at radius 1 is 1.21 bits per heavy atom. The van der Waals surface area contributed by atoms with Gasteiger partial charge in [-0.15, -0.1) is 0 Å². The van der Waals surface area contributed by atoms with E-state index in [0.29, 0.717) is 0 Å². The van der Waals surface area contributed by atoms with Crippen LogP contribution in [0.3, 0.4) is 0 Å². The smallest absolute Gasteiger partial charge is 0.0437 e. The summed E-state index contributed by atoms with van der Waals surface area (Å²) in [5, 5.41) is 0. The largest absolute Gasteiger partial charge is 0.264 e. The summed E-state index contributed by atoms with van der Waals surface area (Å²) >= 11 is 3.50. The lowest BCUT2D eigenvalue weighted by molar-refractivity contribution is 1.31. The van der Waals surface area contributed by atoms with E-state index in [1.165, 1.54) is 16.7 Å². The van der Waals surface area contributed by atoms with E-state index in [0.717, 1.165) is 4.47 Å². The zero-order valence-electron chi connectivity index (χ0n) is 7.87. The molecule has 0 aliphatic heterocycles. The van der Waals surface area contributed by atoms with Crippen LogP contribution in [0.25, 0.3) is 11.1 Å². The second-order valence-electron chi connectivity index (χ2n) is 3.23. The molecular weight excluding hydrogens is 238 g/mol. The van der Waals surface area contributed by atoms with Crippen LogP contribution in [0, 0.1) is 6.92 Å². The molecule has 1 aromatic carbocycles. The van der Waals surface area contributed by atoms with Crippen molar-refractivity contribution in [2.24, 2.45) is 0 Å². The number of hydrogen-bond donors (Lipinski definition) is 0. The van der Waals surface area contributed by atoms with Gasteiger partial charge in [0.25, 0.3) is 0 Å². The number of rotatable bonds is 1. The van der Waals surface area contributed by atoms with Crippen molar-refractivity contribution >= 4 is 15.9 Å². The standard InChI is InChI=1S/C12H10BrN/c1-9-3-2-4-10(7-9)11-5-6-14-8-12(11)13/h2-8H,1H3. The summed E-state index contributed by atoms with van der Waals surface area (Å²) < 4.78 is 1.03. The summed E-state index contributed by atoms with van der Waals surface area (Å²) in [7, 11) is 0. The van der Waals surface area contributed by atoms with Gasteiger partial charge in [0.2, 0.25) is 0 Å². The Balaban J connectivity index is 2.55. The van der Waals surface area contributed by atoms with Crippen molar-refractivity contribution in [2.75, 3.05) is 0 Å². The van der Waals surface area contributed by atoms with Gasteiger partial charge in [-0.25, -0.2) is 0 Å². The SMILES string of the molecule is Cc1cccc(-c2ccncc2Br)c1. The summed E-state index contributed by atoms with van der Waals surface area (Å²) in [6.45, 7) is 2.10. The number of pyridine rings is 1. The van der Waals surface area contributed by atoms with E-state index in [9.17, 15) is 0 Å². The van der Waals surface area contributed by atoms with Gasteiger partial charge in [-0.05, 0) is 40.0 Å². The van der Waals surface area contributed by atoms with Crippen LogP contribution < -0.4 is 0 Å². The minimum absolute atomic E-state index is 1.03. The number of hydrogen-bond acceptors (Lipinski definition) is 1. The molecule has 1 nitrogen and oxygen atoms in total. The maximum absolute atomic E-state index is 4.05. The quantitative estimate of drug-likeness (QED) is 0.747. The van der Waals surface area contributed by atoms with Crippen LogP contribution in [-0.2, 0) is 0 Å². The van der Waals surface area contributed by atoms with Gasteiger partial charge < -0.3 is 0 Å². The van der Waals surface area contributed by atoms with Crippen molar-refractivity contribution in [3.8, 4) is 11.1 Å². The first kappa shape index (κ1) is 9.41. The second-order valence-corrected chi connectivity index (χ2v) is 4.08. The fraction of sp³-hybridized carbons (Fsp3) is 0.0833. The molecule has 0 N–H and O–H groups in total. The van der Waals surface area contributed by atoms with Crippen molar-refractivity contribution in [1.29, 1.82) is 0 Å². The number of aromatic nitrogens is 1. The molecule has 2 rings (SSSR count). The molecule has 0 fully saturated rings. The Morgan fingerprint density at radius 3 is 2.79 bits per heavy atom. The topological polar surface area (TPSA) is 12.9 Å². The summed E-state index contributed by atoms with van der Waals surface area (Å²) in [6, 6.07) is 10.4. The minimum Gasteiger partial charge on any atom is -0.264 e. The van der Waals surface area contributed by atoms with Gasteiger partial charge in [0.1, 0.15) is 0 Å². The molecular formula is C12H10BrN. The summed E-state index contributed by atoms with van der Waals surface area (Å²) in [5.74, 6) is 0. The Morgan fingerprint density at radius 2 is 2.07 bits per heavy atom. The van der Waals surface area contributed by atoms with Gasteiger partial charge in [-0.3, -0.25) is 4.98 Å². The van der Waals surface area contributed by atoms with Crippen molar-refractivity contribution in [2.45, 2.75) is 6.92 Å². The van der Waals surface area contributed by atoms with Gasteiger partial charge in [0.15, 0.2) is 0 Å². The Bertz CT molecular complexity index is 452. The zero-order valence-corrected chi connectivity index (χ0v) is 9.45. The molecule has 70 valence electrons. The van der Waals surface area contributed by atoms with E-state index in [2.05, 4.69) is 52.1 Å². The third kappa shape index (κ3) is 1.85. The molecule has 0 spiro atoms. The molecule has 0 atom stereocenters. The summed E-state index contributed by atoms with van der Waals surface area (Å²) in [4.78, 5) is 4.05. The lowest BCUT2D eigenvalue weighted by Crippen LogP contribution is -1.82. The van der Waals surface area contributed by atoms with Crippen LogP contribution >= 0.6 is 15.9 Å². The molecule has 0 aliphatic rings. The molecule has 2 aromatic rings. The third-order valence-corrected chi connectivity index (χ3v) is 2.73. The maximum Gasteiger partial charge on any atom is 0.0437 e. The van der Waals surface area contributed by atoms with Crippen molar-refractivity contribution < 1.29 is 0 Å². The van der Waals surface area contributed by atoms with Gasteiger partial charge >= 0.3 is 0 Å². The highest BCUT2D eigenvalue weighted by Gasteiger charge is 2.01. The first-order valence-corrected chi connectivity index (χ1v) is 5.23. The monoisotopic (exact) mass is 247 g/mol. The summed E-state index contributed by atoms with van der Waals surface area (Å²) in [6.07, 6.45) is 3.63. The fourth-order valence-electron chi connectivity index (χ4n) is 1.42. The lowest BCUT2D eigenvalue weighted by atomic mass is 10.1. The zero-order chi connectivity index (χ0) is 9.97. The first-order chi connectivity index (χ1) is 6.77. The van der Waals surface area contributed by atoms with Crippen LogP contribution in [0.1, 0.15) is 5.56 Å². The van der Waals surface area contributed by atoms with Crippen molar-refractivity contribution in [3.05, 3.63) is 52.8 Å². The number of aryl methyl sites for hydroxylation is 1. The van der Waals surface area contributed by atoms with Crippen LogP contribution in [0.5, 0.6) is 0 Å². The van der Waals surface area contributed by atoms with Gasteiger partial charge in [0, 0.05) is 16.9 Å². The Hall–Kier alpha value is -1.15. The lowest BCUT2D eigenvalue weighted by Gasteiger charge is -2.04. The van der Waals surface area contributed by atoms with E-state index >= 15 is 0 Å². The van der Waals surface area contributed by atoms with E-state index in [-0.39, 0.29) is 0 Å². The van der Waals surface area contributed by atoms with Crippen LogP contribution in [0.4, 0.5) is 0 Å². The molecule has 0 unspecified atom stereocenters. The molecule has 0 amide bonds. The average Bonchev–Trinajstić information content (AvgIpc) is 2.18. The molecule has 2 heteroatoms. The number of halogens is 1. The van der Waals surface area contributed by atoms with Crippen LogP contribution in [-0.4, -0.2) is 4.98 Å². The Labute approximate surface area is 91.9 Å².